The molecule has 2 aromatic rings. The minimum Gasteiger partial charge on any atom is -0.497 e. The van der Waals surface area contributed by atoms with Crippen molar-refractivity contribution in [1.29, 1.82) is 0 Å². The lowest BCUT2D eigenvalue weighted by molar-refractivity contribution is 0.412. The van der Waals surface area contributed by atoms with E-state index in [-0.39, 0.29) is 12.1 Å². The highest BCUT2D eigenvalue weighted by molar-refractivity contribution is 7.20. The molecule has 108 valence electrons. The molecular formula is C15H17Cl2NOS. The van der Waals surface area contributed by atoms with Crippen LogP contribution in [0.25, 0.3) is 0 Å². The predicted molar refractivity (Wildman–Crippen MR) is 87.3 cm³/mol. The minimum absolute atomic E-state index is 0.132. The van der Waals surface area contributed by atoms with Gasteiger partial charge in [-0.2, -0.15) is 0 Å². The molecule has 1 heterocycles. The number of rotatable bonds is 5. The van der Waals surface area contributed by atoms with Gasteiger partial charge in [-0.15, -0.1) is 11.3 Å². The maximum absolute atomic E-state index is 6.19. The van der Waals surface area contributed by atoms with Gasteiger partial charge in [0.05, 0.1) is 15.8 Å². The van der Waals surface area contributed by atoms with Crippen LogP contribution >= 0.6 is 34.5 Å². The van der Waals surface area contributed by atoms with Crippen molar-refractivity contribution in [2.75, 3.05) is 7.11 Å². The first-order valence-electron chi connectivity index (χ1n) is 6.36. The Labute approximate surface area is 133 Å². The van der Waals surface area contributed by atoms with E-state index < -0.39 is 0 Å². The molecule has 0 aliphatic rings. The van der Waals surface area contributed by atoms with Crippen molar-refractivity contribution < 1.29 is 4.74 Å². The lowest BCUT2D eigenvalue weighted by atomic mass is 10.1. The van der Waals surface area contributed by atoms with Crippen molar-refractivity contribution in [1.82, 2.24) is 5.32 Å². The Bertz CT molecular complexity index is 585. The van der Waals surface area contributed by atoms with Crippen molar-refractivity contribution >= 4 is 34.5 Å². The van der Waals surface area contributed by atoms with Gasteiger partial charge in [-0.25, -0.2) is 0 Å². The van der Waals surface area contributed by atoms with Gasteiger partial charge in [-0.3, -0.25) is 0 Å². The maximum atomic E-state index is 6.19. The first-order valence-corrected chi connectivity index (χ1v) is 7.93. The molecule has 1 unspecified atom stereocenters. The summed E-state index contributed by atoms with van der Waals surface area (Å²) in [5.74, 6) is 0.861. The second kappa shape index (κ2) is 6.81. The quantitative estimate of drug-likeness (QED) is 0.784. The van der Waals surface area contributed by atoms with Crippen LogP contribution in [0.3, 0.4) is 0 Å². The normalized spacial score (nSPS) is 14.1. The molecule has 1 aromatic heterocycles. The first kappa shape index (κ1) is 15.6. The monoisotopic (exact) mass is 329 g/mol. The van der Waals surface area contributed by atoms with Crippen molar-refractivity contribution in [3.05, 3.63) is 50.1 Å². The number of nitrogens with one attached hydrogen (secondary N) is 1. The average molecular weight is 330 g/mol. The maximum Gasteiger partial charge on any atom is 0.119 e. The molecule has 1 aromatic carbocycles. The number of hydrogen-bond acceptors (Lipinski definition) is 3. The second-order valence-corrected chi connectivity index (χ2v) is 6.95. The van der Waals surface area contributed by atoms with E-state index in [9.17, 15) is 0 Å². The molecule has 0 aliphatic carbocycles. The predicted octanol–water partition coefficient (Wildman–Crippen LogP) is 5.48. The number of hydrogen-bond donors (Lipinski definition) is 1. The second-order valence-electron chi connectivity index (χ2n) is 4.67. The Morgan fingerprint density at radius 2 is 1.90 bits per heavy atom. The molecule has 0 fully saturated rings. The highest BCUT2D eigenvalue weighted by Gasteiger charge is 2.16. The Hall–Kier alpha value is -0.740. The molecule has 0 spiro atoms. The molecular weight excluding hydrogens is 313 g/mol. The van der Waals surface area contributed by atoms with E-state index in [0.29, 0.717) is 4.34 Å². The lowest BCUT2D eigenvalue weighted by Crippen LogP contribution is -2.22. The van der Waals surface area contributed by atoms with E-state index in [2.05, 4.69) is 25.2 Å². The van der Waals surface area contributed by atoms with Crippen LogP contribution in [-0.4, -0.2) is 7.11 Å². The Kier molecular flexibility index (Phi) is 5.33. The van der Waals surface area contributed by atoms with Crippen LogP contribution in [-0.2, 0) is 0 Å². The summed E-state index contributed by atoms with van der Waals surface area (Å²) < 4.78 is 6.71. The third-order valence-corrected chi connectivity index (χ3v) is 4.76. The number of thiophene rings is 1. The Morgan fingerprint density at radius 3 is 2.50 bits per heavy atom. The Morgan fingerprint density at radius 1 is 1.15 bits per heavy atom. The van der Waals surface area contributed by atoms with Gasteiger partial charge in [0.25, 0.3) is 0 Å². The zero-order valence-electron chi connectivity index (χ0n) is 11.6. The van der Waals surface area contributed by atoms with Gasteiger partial charge in [0.1, 0.15) is 5.75 Å². The fraction of sp³-hybridized carbons (Fsp3) is 0.333. The SMILES string of the molecule is COc1cccc([C@H](C)NC(C)c2cc(Cl)sc2Cl)c1. The van der Waals surface area contributed by atoms with Crippen molar-refractivity contribution in [3.63, 3.8) is 0 Å². The summed E-state index contributed by atoms with van der Waals surface area (Å²) in [7, 11) is 1.67. The van der Waals surface area contributed by atoms with Crippen molar-refractivity contribution in [2.24, 2.45) is 0 Å². The standard InChI is InChI=1S/C15H17Cl2NOS/c1-9(11-5-4-6-12(7-11)19-3)18-10(2)13-8-14(16)20-15(13)17/h4-10,18H,1-3H3/t9-,10?/m0/s1. The van der Waals surface area contributed by atoms with Gasteiger partial charge < -0.3 is 10.1 Å². The van der Waals surface area contributed by atoms with Crippen LogP contribution in [0.1, 0.15) is 37.1 Å². The summed E-state index contributed by atoms with van der Waals surface area (Å²) >= 11 is 13.6. The summed E-state index contributed by atoms with van der Waals surface area (Å²) in [5, 5.41) is 3.53. The summed E-state index contributed by atoms with van der Waals surface area (Å²) in [6.45, 7) is 4.20. The minimum atomic E-state index is 0.132. The Balaban J connectivity index is 2.10. The van der Waals surface area contributed by atoms with Crippen molar-refractivity contribution in [3.8, 4) is 5.75 Å². The average Bonchev–Trinajstić information content (AvgIpc) is 2.77. The van der Waals surface area contributed by atoms with Gasteiger partial charge in [-0.05, 0) is 43.2 Å². The van der Waals surface area contributed by atoms with Crippen LogP contribution in [0.2, 0.25) is 8.67 Å². The molecule has 20 heavy (non-hydrogen) atoms. The molecule has 1 N–H and O–H groups in total. The molecule has 0 radical (unpaired) electrons. The highest BCUT2D eigenvalue weighted by atomic mass is 35.5. The first-order chi connectivity index (χ1) is 9.51. The van der Waals surface area contributed by atoms with Crippen LogP contribution in [0.5, 0.6) is 5.75 Å². The smallest absolute Gasteiger partial charge is 0.119 e. The number of methoxy groups -OCH3 is 1. The zero-order chi connectivity index (χ0) is 14.7. The molecule has 0 bridgehead atoms. The molecule has 5 heteroatoms. The van der Waals surface area contributed by atoms with Gasteiger partial charge in [-0.1, -0.05) is 35.3 Å². The largest absolute Gasteiger partial charge is 0.497 e. The molecule has 0 saturated carbocycles. The van der Waals surface area contributed by atoms with E-state index >= 15 is 0 Å². The van der Waals surface area contributed by atoms with E-state index in [1.165, 1.54) is 16.9 Å². The zero-order valence-corrected chi connectivity index (χ0v) is 13.9. The third kappa shape index (κ3) is 3.67. The van der Waals surface area contributed by atoms with E-state index in [4.69, 9.17) is 27.9 Å². The summed E-state index contributed by atoms with van der Waals surface area (Å²) in [6, 6.07) is 10.3. The number of ether oxygens (including phenoxy) is 1. The van der Waals surface area contributed by atoms with Crippen LogP contribution in [0.15, 0.2) is 30.3 Å². The van der Waals surface area contributed by atoms with Crippen LogP contribution in [0.4, 0.5) is 0 Å². The number of halogens is 2. The van der Waals surface area contributed by atoms with E-state index in [0.717, 1.165) is 15.6 Å². The molecule has 0 saturated heterocycles. The molecule has 2 nitrogen and oxygen atoms in total. The third-order valence-electron chi connectivity index (χ3n) is 3.24. The summed E-state index contributed by atoms with van der Waals surface area (Å²) in [6.07, 6.45) is 0. The lowest BCUT2D eigenvalue weighted by Gasteiger charge is -2.20. The summed E-state index contributed by atoms with van der Waals surface area (Å²) in [4.78, 5) is 0. The topological polar surface area (TPSA) is 21.3 Å². The summed E-state index contributed by atoms with van der Waals surface area (Å²) in [5.41, 5.74) is 2.21. The highest BCUT2D eigenvalue weighted by Crippen LogP contribution is 2.35. The van der Waals surface area contributed by atoms with Gasteiger partial charge in [0, 0.05) is 12.1 Å². The number of benzene rings is 1. The molecule has 2 rings (SSSR count). The van der Waals surface area contributed by atoms with Gasteiger partial charge in [0.15, 0.2) is 0 Å². The molecule has 0 amide bonds. The molecule has 0 aliphatic heterocycles. The van der Waals surface area contributed by atoms with E-state index in [1.54, 1.807) is 7.11 Å². The van der Waals surface area contributed by atoms with Crippen molar-refractivity contribution in [2.45, 2.75) is 25.9 Å². The van der Waals surface area contributed by atoms with Gasteiger partial charge in [0.2, 0.25) is 0 Å². The van der Waals surface area contributed by atoms with E-state index in [1.807, 2.05) is 24.3 Å². The fourth-order valence-electron chi connectivity index (χ4n) is 2.12. The van der Waals surface area contributed by atoms with Crippen LogP contribution in [0, 0.1) is 0 Å². The fourth-order valence-corrected chi connectivity index (χ4v) is 3.77. The van der Waals surface area contributed by atoms with Gasteiger partial charge >= 0.3 is 0 Å². The van der Waals surface area contributed by atoms with Crippen LogP contribution < -0.4 is 10.1 Å². The molecule has 2 atom stereocenters.